The van der Waals surface area contributed by atoms with E-state index in [9.17, 15) is 9.59 Å². The largest absolute Gasteiger partial charge is 0.352 e. The monoisotopic (exact) mass is 536 g/mol. The number of hydrogen-bond acceptors (Lipinski definition) is 2. The molecular formula is C31H34Cl2N2O2. The fourth-order valence-corrected chi connectivity index (χ4v) is 5.27. The van der Waals surface area contributed by atoms with Crippen molar-refractivity contribution in [3.63, 3.8) is 0 Å². The van der Waals surface area contributed by atoms with Gasteiger partial charge in [0.15, 0.2) is 0 Å². The van der Waals surface area contributed by atoms with Gasteiger partial charge >= 0.3 is 0 Å². The Bertz CT molecular complexity index is 1240. The number of amides is 2. The van der Waals surface area contributed by atoms with E-state index in [1.165, 1.54) is 5.56 Å². The summed E-state index contributed by atoms with van der Waals surface area (Å²) in [5, 5.41) is 4.12. The zero-order valence-electron chi connectivity index (χ0n) is 21.5. The standard InChI is InChI=1S/C31H34Cl2N2O2/c1-21-12-13-24(16-22(21)2)19-30(36)35(20-25-14-15-27(32)28(33)17-25)29(18-23-8-4-3-5-9-23)31(37)34-26-10-6-7-11-26/h3-5,8-9,12-17,26,29H,6-7,10-11,18-20H2,1-2H3,(H,34,37). The van der Waals surface area contributed by atoms with E-state index in [-0.39, 0.29) is 30.8 Å². The summed E-state index contributed by atoms with van der Waals surface area (Å²) in [4.78, 5) is 29.4. The number of rotatable bonds is 9. The maximum absolute atomic E-state index is 13.9. The van der Waals surface area contributed by atoms with Gasteiger partial charge in [0.1, 0.15) is 6.04 Å². The molecule has 4 rings (SSSR count). The van der Waals surface area contributed by atoms with Crippen LogP contribution in [0.25, 0.3) is 0 Å². The van der Waals surface area contributed by atoms with Gasteiger partial charge in [-0.2, -0.15) is 0 Å². The van der Waals surface area contributed by atoms with Gasteiger partial charge in [0.2, 0.25) is 11.8 Å². The first-order chi connectivity index (χ1) is 17.8. The van der Waals surface area contributed by atoms with E-state index < -0.39 is 6.04 Å². The fraction of sp³-hybridized carbons (Fsp3) is 0.355. The van der Waals surface area contributed by atoms with Gasteiger partial charge < -0.3 is 10.2 Å². The Morgan fingerprint density at radius 1 is 0.865 bits per heavy atom. The Hall–Kier alpha value is -2.82. The van der Waals surface area contributed by atoms with Gasteiger partial charge in [-0.15, -0.1) is 0 Å². The van der Waals surface area contributed by atoms with Gasteiger partial charge in [0.25, 0.3) is 0 Å². The molecule has 1 unspecified atom stereocenters. The van der Waals surface area contributed by atoms with E-state index in [1.807, 2.05) is 55.5 Å². The van der Waals surface area contributed by atoms with E-state index in [1.54, 1.807) is 17.0 Å². The Kier molecular flexibility index (Phi) is 9.28. The second-order valence-corrected chi connectivity index (χ2v) is 10.9. The van der Waals surface area contributed by atoms with Crippen molar-refractivity contribution in [2.45, 2.75) is 71.0 Å². The molecule has 6 heteroatoms. The second-order valence-electron chi connectivity index (χ2n) is 10.1. The molecule has 1 atom stereocenters. The molecule has 3 aromatic carbocycles. The number of nitrogens with one attached hydrogen (secondary N) is 1. The fourth-order valence-electron chi connectivity index (χ4n) is 4.95. The number of benzene rings is 3. The average molecular weight is 538 g/mol. The number of halogens is 2. The van der Waals surface area contributed by atoms with Crippen LogP contribution < -0.4 is 5.32 Å². The first-order valence-electron chi connectivity index (χ1n) is 12.9. The summed E-state index contributed by atoms with van der Waals surface area (Å²) in [6.45, 7) is 4.36. The average Bonchev–Trinajstić information content (AvgIpc) is 3.39. The van der Waals surface area contributed by atoms with Crippen molar-refractivity contribution in [3.8, 4) is 0 Å². The minimum absolute atomic E-state index is 0.100. The van der Waals surface area contributed by atoms with Gasteiger partial charge in [0, 0.05) is 19.0 Å². The number of hydrogen-bond donors (Lipinski definition) is 1. The zero-order valence-corrected chi connectivity index (χ0v) is 23.0. The summed E-state index contributed by atoms with van der Waals surface area (Å²) in [7, 11) is 0. The number of carbonyl (C=O) groups is 2. The molecule has 1 aliphatic carbocycles. The van der Waals surface area contributed by atoms with Crippen molar-refractivity contribution >= 4 is 35.0 Å². The van der Waals surface area contributed by atoms with Crippen molar-refractivity contribution in [3.05, 3.63) is 105 Å². The Morgan fingerprint density at radius 3 is 2.24 bits per heavy atom. The third kappa shape index (κ3) is 7.37. The predicted octanol–water partition coefficient (Wildman–Crippen LogP) is 6.85. The summed E-state index contributed by atoms with van der Waals surface area (Å²) in [6.07, 6.45) is 4.84. The van der Waals surface area contributed by atoms with E-state index in [0.29, 0.717) is 16.5 Å². The molecule has 1 N–H and O–H groups in total. The van der Waals surface area contributed by atoms with E-state index in [2.05, 4.69) is 18.3 Å². The van der Waals surface area contributed by atoms with Crippen molar-refractivity contribution in [1.82, 2.24) is 10.2 Å². The van der Waals surface area contributed by atoms with Crippen molar-refractivity contribution in [2.24, 2.45) is 0 Å². The molecule has 0 heterocycles. The van der Waals surface area contributed by atoms with Crippen LogP contribution in [0.3, 0.4) is 0 Å². The van der Waals surface area contributed by atoms with Gasteiger partial charge in [-0.25, -0.2) is 0 Å². The topological polar surface area (TPSA) is 49.4 Å². The molecule has 1 saturated carbocycles. The molecule has 4 nitrogen and oxygen atoms in total. The smallest absolute Gasteiger partial charge is 0.243 e. The zero-order chi connectivity index (χ0) is 26.4. The van der Waals surface area contributed by atoms with Crippen LogP contribution in [-0.4, -0.2) is 28.8 Å². The Morgan fingerprint density at radius 2 is 1.57 bits per heavy atom. The maximum Gasteiger partial charge on any atom is 0.243 e. The molecule has 1 fully saturated rings. The van der Waals surface area contributed by atoms with E-state index in [4.69, 9.17) is 23.2 Å². The van der Waals surface area contributed by atoms with Crippen LogP contribution in [0.5, 0.6) is 0 Å². The second kappa shape index (κ2) is 12.6. The van der Waals surface area contributed by atoms with Gasteiger partial charge in [-0.05, 0) is 66.6 Å². The highest BCUT2D eigenvalue weighted by Gasteiger charge is 2.32. The van der Waals surface area contributed by atoms with Crippen molar-refractivity contribution in [1.29, 1.82) is 0 Å². The molecule has 0 radical (unpaired) electrons. The molecule has 194 valence electrons. The lowest BCUT2D eigenvalue weighted by atomic mass is 10.00. The molecule has 2 amide bonds. The Labute approximate surface area is 230 Å². The molecule has 0 aromatic heterocycles. The highest BCUT2D eigenvalue weighted by Crippen LogP contribution is 2.25. The number of carbonyl (C=O) groups excluding carboxylic acids is 2. The van der Waals surface area contributed by atoms with E-state index in [0.717, 1.165) is 47.9 Å². The molecule has 0 bridgehead atoms. The highest BCUT2D eigenvalue weighted by molar-refractivity contribution is 6.42. The lowest BCUT2D eigenvalue weighted by Gasteiger charge is -2.32. The van der Waals surface area contributed by atoms with Crippen LogP contribution in [0.4, 0.5) is 0 Å². The Balaban J connectivity index is 1.68. The first-order valence-corrected chi connectivity index (χ1v) is 13.7. The summed E-state index contributed by atoms with van der Waals surface area (Å²) in [5.74, 6) is -0.207. The quantitative estimate of drug-likeness (QED) is 0.325. The minimum Gasteiger partial charge on any atom is -0.352 e. The molecule has 3 aromatic rings. The molecule has 1 aliphatic rings. The van der Waals surface area contributed by atoms with Crippen LogP contribution in [0.15, 0.2) is 66.7 Å². The minimum atomic E-state index is -0.656. The summed E-state index contributed by atoms with van der Waals surface area (Å²) >= 11 is 12.5. The summed E-state index contributed by atoms with van der Waals surface area (Å²) in [5.41, 5.74) is 5.09. The van der Waals surface area contributed by atoms with Crippen LogP contribution in [0.2, 0.25) is 10.0 Å². The van der Waals surface area contributed by atoms with Gasteiger partial charge in [-0.3, -0.25) is 9.59 Å². The van der Waals surface area contributed by atoms with Crippen LogP contribution >= 0.6 is 23.2 Å². The SMILES string of the molecule is Cc1ccc(CC(=O)N(Cc2ccc(Cl)c(Cl)c2)C(Cc2ccccc2)C(=O)NC2CCCC2)cc1C. The van der Waals surface area contributed by atoms with Gasteiger partial charge in [0.05, 0.1) is 16.5 Å². The first kappa shape index (κ1) is 27.2. The summed E-state index contributed by atoms with van der Waals surface area (Å²) < 4.78 is 0. The van der Waals surface area contributed by atoms with Gasteiger partial charge in [-0.1, -0.05) is 90.6 Å². The van der Waals surface area contributed by atoms with Crippen LogP contribution in [-0.2, 0) is 29.0 Å². The molecule has 0 aliphatic heterocycles. The molecule has 37 heavy (non-hydrogen) atoms. The third-order valence-electron chi connectivity index (χ3n) is 7.24. The molecule has 0 spiro atoms. The predicted molar refractivity (Wildman–Crippen MR) is 151 cm³/mol. The number of aryl methyl sites for hydroxylation is 2. The normalized spacial score (nSPS) is 14.4. The lowest BCUT2D eigenvalue weighted by Crippen LogP contribution is -2.52. The van der Waals surface area contributed by atoms with Crippen molar-refractivity contribution in [2.75, 3.05) is 0 Å². The molecular weight excluding hydrogens is 503 g/mol. The molecule has 0 saturated heterocycles. The third-order valence-corrected chi connectivity index (χ3v) is 7.98. The van der Waals surface area contributed by atoms with Crippen LogP contribution in [0.1, 0.15) is 53.5 Å². The lowest BCUT2D eigenvalue weighted by molar-refractivity contribution is -0.141. The summed E-state index contributed by atoms with van der Waals surface area (Å²) in [6, 6.07) is 20.8. The maximum atomic E-state index is 13.9. The van der Waals surface area contributed by atoms with E-state index >= 15 is 0 Å². The number of nitrogens with zero attached hydrogens (tertiary/aromatic N) is 1. The highest BCUT2D eigenvalue weighted by atomic mass is 35.5. The van der Waals surface area contributed by atoms with Crippen molar-refractivity contribution < 1.29 is 9.59 Å². The van der Waals surface area contributed by atoms with Crippen LogP contribution in [0, 0.1) is 13.8 Å².